The van der Waals surface area contributed by atoms with Gasteiger partial charge in [0.15, 0.2) is 0 Å². The summed E-state index contributed by atoms with van der Waals surface area (Å²) in [4.78, 5) is 27.8. The Morgan fingerprint density at radius 2 is 1.76 bits per heavy atom. The van der Waals surface area contributed by atoms with Crippen LogP contribution in [0.2, 0.25) is 10.0 Å². The van der Waals surface area contributed by atoms with Crippen LogP contribution in [0, 0.1) is 17.1 Å². The second-order valence-corrected chi connectivity index (χ2v) is 9.33. The van der Waals surface area contributed by atoms with Crippen LogP contribution in [-0.2, 0) is 16.0 Å². The molecule has 5 nitrogen and oxygen atoms in total. The van der Waals surface area contributed by atoms with Crippen LogP contribution in [0.4, 0.5) is 15.8 Å². The second-order valence-electron chi connectivity index (χ2n) is 7.32. The molecule has 0 bridgehead atoms. The molecule has 1 saturated heterocycles. The summed E-state index contributed by atoms with van der Waals surface area (Å²) in [5.74, 6) is -1.32. The summed E-state index contributed by atoms with van der Waals surface area (Å²) in [6.45, 7) is 0. The van der Waals surface area contributed by atoms with E-state index in [9.17, 15) is 19.2 Å². The summed E-state index contributed by atoms with van der Waals surface area (Å²) < 4.78 is 13.3. The Balaban J connectivity index is 1.70. The lowest BCUT2D eigenvalue weighted by molar-refractivity contribution is -0.117. The Bertz CT molecular complexity index is 1320. The zero-order valence-corrected chi connectivity index (χ0v) is 19.8. The lowest BCUT2D eigenvalue weighted by atomic mass is 10.1. The number of halogens is 3. The first-order valence-corrected chi connectivity index (χ1v) is 11.7. The zero-order chi connectivity index (χ0) is 24.2. The van der Waals surface area contributed by atoms with Gasteiger partial charge in [-0.25, -0.2) is 4.39 Å². The van der Waals surface area contributed by atoms with Gasteiger partial charge in [-0.2, -0.15) is 5.26 Å². The molecule has 1 atom stereocenters. The first-order chi connectivity index (χ1) is 16.4. The Hall–Kier alpha value is -3.31. The van der Waals surface area contributed by atoms with Crippen molar-refractivity contribution in [3.8, 4) is 6.07 Å². The molecule has 1 aliphatic heterocycles. The fraction of sp³-hybridized carbons (Fsp3) is 0.0800. The number of anilines is 2. The highest BCUT2D eigenvalue weighted by Crippen LogP contribution is 2.42. The summed E-state index contributed by atoms with van der Waals surface area (Å²) in [6.07, 6.45) is 0.309. The molecular weight excluding hydrogens is 496 g/mol. The molecule has 34 heavy (non-hydrogen) atoms. The largest absolute Gasteiger partial charge is 0.321 e. The molecule has 1 N–H and O–H groups in total. The Morgan fingerprint density at radius 1 is 1.06 bits per heavy atom. The number of carbonyl (C=O) groups excluding carboxylic acids is 2. The molecule has 4 rings (SSSR count). The van der Waals surface area contributed by atoms with Crippen LogP contribution >= 0.6 is 35.0 Å². The fourth-order valence-electron chi connectivity index (χ4n) is 3.40. The van der Waals surface area contributed by atoms with Crippen molar-refractivity contribution in [1.82, 2.24) is 0 Å². The molecule has 0 radical (unpaired) electrons. The van der Waals surface area contributed by atoms with Gasteiger partial charge in [0.1, 0.15) is 22.5 Å². The average molecular weight is 512 g/mol. The topological polar surface area (TPSA) is 73.2 Å². The molecule has 9 heteroatoms. The lowest BCUT2D eigenvalue weighted by Gasteiger charge is -2.18. The number of amides is 2. The Labute approximate surface area is 209 Å². The average Bonchev–Trinajstić information content (AvgIpc) is 3.14. The van der Waals surface area contributed by atoms with E-state index in [-0.39, 0.29) is 27.3 Å². The number of benzene rings is 3. The van der Waals surface area contributed by atoms with E-state index in [1.54, 1.807) is 48.5 Å². The summed E-state index contributed by atoms with van der Waals surface area (Å²) in [5.41, 5.74) is 1.44. The third-order valence-electron chi connectivity index (χ3n) is 5.03. The van der Waals surface area contributed by atoms with E-state index in [0.29, 0.717) is 22.8 Å². The number of para-hydroxylation sites is 1. The molecule has 1 heterocycles. The number of nitriles is 1. The first kappa shape index (κ1) is 23.8. The monoisotopic (exact) mass is 511 g/mol. The highest BCUT2D eigenvalue weighted by molar-refractivity contribution is 8.05. The van der Waals surface area contributed by atoms with Gasteiger partial charge in [0.2, 0.25) is 5.91 Å². The van der Waals surface area contributed by atoms with Crippen molar-refractivity contribution in [2.24, 2.45) is 0 Å². The predicted octanol–water partition coefficient (Wildman–Crippen LogP) is 6.20. The van der Waals surface area contributed by atoms with Gasteiger partial charge in [-0.15, -0.1) is 0 Å². The zero-order valence-electron chi connectivity index (χ0n) is 17.5. The van der Waals surface area contributed by atoms with Crippen molar-refractivity contribution in [1.29, 1.82) is 5.26 Å². The van der Waals surface area contributed by atoms with Crippen LogP contribution in [0.15, 0.2) is 83.4 Å². The summed E-state index contributed by atoms with van der Waals surface area (Å²) in [5, 5.41) is 12.7. The normalized spacial score (nSPS) is 16.8. The summed E-state index contributed by atoms with van der Waals surface area (Å²) in [7, 11) is 0. The maximum Gasteiger partial charge on any atom is 0.269 e. The van der Waals surface area contributed by atoms with Gasteiger partial charge in [-0.05, 0) is 54.4 Å². The number of thioether (sulfide) groups is 1. The van der Waals surface area contributed by atoms with Crippen LogP contribution in [0.5, 0.6) is 0 Å². The van der Waals surface area contributed by atoms with Crippen molar-refractivity contribution in [2.45, 2.75) is 11.7 Å². The maximum absolute atomic E-state index is 13.4. The van der Waals surface area contributed by atoms with Crippen molar-refractivity contribution >= 4 is 58.2 Å². The highest BCUT2D eigenvalue weighted by atomic mass is 35.5. The molecule has 1 unspecified atom stereocenters. The van der Waals surface area contributed by atoms with Gasteiger partial charge in [-0.1, -0.05) is 65.3 Å². The van der Waals surface area contributed by atoms with Gasteiger partial charge in [0.05, 0.1) is 15.3 Å². The standard InChI is InChI=1S/C25H16Cl2FN3O2S/c26-20-11-10-17(13-21(20)27)30-23(32)19(14-29)25-31(18-4-2-1-3-5-18)24(33)22(34-25)12-15-6-8-16(28)9-7-15/h1-11,13,22H,12H2,(H,30,32). The molecule has 3 aromatic rings. The molecule has 0 aromatic heterocycles. The third kappa shape index (κ3) is 5.10. The molecule has 0 saturated carbocycles. The minimum absolute atomic E-state index is 0.213. The van der Waals surface area contributed by atoms with Gasteiger partial charge >= 0.3 is 0 Å². The van der Waals surface area contributed by atoms with Crippen molar-refractivity contribution in [3.05, 3.63) is 105 Å². The van der Waals surface area contributed by atoms with E-state index in [1.807, 2.05) is 6.07 Å². The van der Waals surface area contributed by atoms with E-state index in [1.165, 1.54) is 29.2 Å². The van der Waals surface area contributed by atoms with Crippen LogP contribution in [-0.4, -0.2) is 17.1 Å². The number of hydrogen-bond acceptors (Lipinski definition) is 4. The number of carbonyl (C=O) groups is 2. The SMILES string of the molecule is N#CC(C(=O)Nc1ccc(Cl)c(Cl)c1)=C1SC(Cc2ccc(F)cc2)C(=O)N1c1ccccc1. The minimum Gasteiger partial charge on any atom is -0.321 e. The fourth-order valence-corrected chi connectivity index (χ4v) is 5.01. The molecular formula is C25H16Cl2FN3O2S. The molecule has 1 aliphatic rings. The van der Waals surface area contributed by atoms with E-state index >= 15 is 0 Å². The van der Waals surface area contributed by atoms with E-state index in [4.69, 9.17) is 23.2 Å². The Kier molecular flexibility index (Phi) is 7.23. The molecule has 0 spiro atoms. The van der Waals surface area contributed by atoms with Crippen LogP contribution in [0.3, 0.4) is 0 Å². The predicted molar refractivity (Wildman–Crippen MR) is 133 cm³/mol. The van der Waals surface area contributed by atoms with Crippen LogP contribution in [0.1, 0.15) is 5.56 Å². The maximum atomic E-state index is 13.4. The molecule has 2 amide bonds. The third-order valence-corrected chi connectivity index (χ3v) is 7.03. The van der Waals surface area contributed by atoms with Crippen LogP contribution < -0.4 is 10.2 Å². The van der Waals surface area contributed by atoms with Gasteiger partial charge in [-0.3, -0.25) is 14.5 Å². The first-order valence-electron chi connectivity index (χ1n) is 10.1. The second kappa shape index (κ2) is 10.3. The number of rotatable bonds is 5. The van der Waals surface area contributed by atoms with Crippen LogP contribution in [0.25, 0.3) is 0 Å². The van der Waals surface area contributed by atoms with Gasteiger partial charge < -0.3 is 5.32 Å². The number of nitrogens with one attached hydrogen (secondary N) is 1. The molecule has 1 fully saturated rings. The summed E-state index contributed by atoms with van der Waals surface area (Å²) >= 11 is 13.1. The quantitative estimate of drug-likeness (QED) is 0.327. The van der Waals surface area contributed by atoms with E-state index in [0.717, 1.165) is 17.3 Å². The number of hydrogen-bond donors (Lipinski definition) is 1. The number of nitrogens with zero attached hydrogens (tertiary/aromatic N) is 2. The van der Waals surface area contributed by atoms with E-state index < -0.39 is 11.2 Å². The summed E-state index contributed by atoms with van der Waals surface area (Å²) in [6, 6.07) is 21.2. The highest BCUT2D eigenvalue weighted by Gasteiger charge is 2.40. The van der Waals surface area contributed by atoms with Crippen molar-refractivity contribution in [3.63, 3.8) is 0 Å². The lowest BCUT2D eigenvalue weighted by Crippen LogP contribution is -2.30. The van der Waals surface area contributed by atoms with Crippen molar-refractivity contribution < 1.29 is 14.0 Å². The molecule has 170 valence electrons. The molecule has 3 aromatic carbocycles. The smallest absolute Gasteiger partial charge is 0.269 e. The minimum atomic E-state index is -0.681. The Morgan fingerprint density at radius 3 is 2.41 bits per heavy atom. The van der Waals surface area contributed by atoms with Gasteiger partial charge in [0, 0.05) is 11.4 Å². The van der Waals surface area contributed by atoms with Gasteiger partial charge in [0.25, 0.3) is 5.91 Å². The molecule has 0 aliphatic carbocycles. The van der Waals surface area contributed by atoms with E-state index in [2.05, 4.69) is 5.32 Å². The van der Waals surface area contributed by atoms with Crippen molar-refractivity contribution in [2.75, 3.05) is 10.2 Å².